The summed E-state index contributed by atoms with van der Waals surface area (Å²) in [5.41, 5.74) is 1.15. The number of aromatic nitrogens is 1. The van der Waals surface area contributed by atoms with Gasteiger partial charge in [-0.3, -0.25) is 9.36 Å². The highest BCUT2D eigenvalue weighted by Crippen LogP contribution is 2.20. The number of hydrogen-bond donors (Lipinski definition) is 0. The molecule has 1 atom stereocenters. The molecule has 0 spiro atoms. The second-order valence-corrected chi connectivity index (χ2v) is 9.77. The Balaban J connectivity index is 1.71. The molecule has 9 heteroatoms. The van der Waals surface area contributed by atoms with E-state index in [1.807, 2.05) is 25.1 Å². The van der Waals surface area contributed by atoms with Gasteiger partial charge in [-0.2, -0.15) is 0 Å². The van der Waals surface area contributed by atoms with Crippen molar-refractivity contribution in [3.05, 3.63) is 34.8 Å². The van der Waals surface area contributed by atoms with Crippen molar-refractivity contribution in [2.24, 2.45) is 0 Å². The van der Waals surface area contributed by atoms with Crippen molar-refractivity contribution in [1.82, 2.24) is 14.4 Å². The number of amides is 1. The highest BCUT2D eigenvalue weighted by Gasteiger charge is 2.34. The van der Waals surface area contributed by atoms with Crippen LogP contribution >= 0.6 is 0 Å². The summed E-state index contributed by atoms with van der Waals surface area (Å²) < 4.78 is 30.4. The number of fused-ring (bicyclic) bond motifs is 1. The second-order valence-electron chi connectivity index (χ2n) is 7.54. The number of aryl methyl sites for hydroxylation is 1. The summed E-state index contributed by atoms with van der Waals surface area (Å²) in [6.45, 7) is 1.53. The first kappa shape index (κ1) is 20.6. The van der Waals surface area contributed by atoms with Gasteiger partial charge >= 0.3 is 5.76 Å². The Morgan fingerprint density at radius 1 is 1.25 bits per heavy atom. The lowest BCUT2D eigenvalue weighted by Gasteiger charge is -2.29. The van der Waals surface area contributed by atoms with Crippen LogP contribution in [-0.2, 0) is 21.2 Å². The Labute approximate surface area is 164 Å². The number of hydrogen-bond acceptors (Lipinski definition) is 6. The van der Waals surface area contributed by atoms with Crippen LogP contribution in [0.1, 0.15) is 19.3 Å². The molecule has 1 saturated heterocycles. The molecule has 0 aliphatic carbocycles. The van der Waals surface area contributed by atoms with Gasteiger partial charge in [0.25, 0.3) is 0 Å². The number of benzene rings is 1. The predicted molar refractivity (Wildman–Crippen MR) is 107 cm³/mol. The number of rotatable bonds is 8. The Hall–Kier alpha value is -2.13. The number of para-hydroxylation sites is 2. The molecule has 1 aliphatic rings. The Bertz CT molecular complexity index is 992. The van der Waals surface area contributed by atoms with Gasteiger partial charge in [0, 0.05) is 25.6 Å². The average molecular weight is 410 g/mol. The van der Waals surface area contributed by atoms with E-state index in [0.717, 1.165) is 13.0 Å². The molecular weight excluding hydrogens is 382 g/mol. The van der Waals surface area contributed by atoms with E-state index in [1.165, 1.54) is 4.57 Å². The number of carbonyl (C=O) groups is 1. The van der Waals surface area contributed by atoms with Gasteiger partial charge < -0.3 is 14.2 Å². The van der Waals surface area contributed by atoms with Crippen molar-refractivity contribution >= 4 is 26.8 Å². The zero-order valence-corrected chi connectivity index (χ0v) is 17.2. The first-order valence-electron chi connectivity index (χ1n) is 9.50. The SMILES string of the molecule is CN(C)CCCN(C(=O)CCn1c(=O)oc2ccccc21)C1CCS(=O)(=O)C1. The van der Waals surface area contributed by atoms with Crippen LogP contribution in [0.4, 0.5) is 0 Å². The molecule has 1 unspecified atom stereocenters. The molecule has 2 heterocycles. The van der Waals surface area contributed by atoms with Crippen LogP contribution in [0, 0.1) is 0 Å². The standard InChI is InChI=1S/C19H27N3O5S/c1-20(2)10-5-11-21(15-9-13-28(25,26)14-15)18(23)8-12-22-16-6-3-4-7-17(16)27-19(22)24/h3-4,6-7,15H,5,8-14H2,1-2H3. The summed E-state index contributed by atoms with van der Waals surface area (Å²) in [6.07, 6.45) is 1.37. The molecule has 0 saturated carbocycles. The summed E-state index contributed by atoms with van der Waals surface area (Å²) in [5.74, 6) is -0.467. The Kier molecular flexibility index (Phi) is 6.24. The van der Waals surface area contributed by atoms with Gasteiger partial charge in [0.15, 0.2) is 15.4 Å². The summed E-state index contributed by atoms with van der Waals surface area (Å²) in [4.78, 5) is 28.8. The molecule has 0 N–H and O–H groups in total. The first-order valence-corrected chi connectivity index (χ1v) is 11.3. The third kappa shape index (κ3) is 4.82. The summed E-state index contributed by atoms with van der Waals surface area (Å²) in [5, 5.41) is 0. The van der Waals surface area contributed by atoms with Gasteiger partial charge in [-0.05, 0) is 45.6 Å². The molecule has 8 nitrogen and oxygen atoms in total. The maximum Gasteiger partial charge on any atom is 0.419 e. The molecule has 1 aromatic heterocycles. The van der Waals surface area contributed by atoms with E-state index < -0.39 is 15.6 Å². The van der Waals surface area contributed by atoms with Crippen LogP contribution in [0.5, 0.6) is 0 Å². The highest BCUT2D eigenvalue weighted by molar-refractivity contribution is 7.91. The van der Waals surface area contributed by atoms with Crippen molar-refractivity contribution in [3.8, 4) is 0 Å². The van der Waals surface area contributed by atoms with E-state index in [9.17, 15) is 18.0 Å². The normalized spacial score (nSPS) is 18.8. The quantitative estimate of drug-likeness (QED) is 0.645. The fourth-order valence-electron chi connectivity index (χ4n) is 3.67. The van der Waals surface area contributed by atoms with E-state index in [0.29, 0.717) is 24.1 Å². The number of sulfone groups is 1. The van der Waals surface area contributed by atoms with Crippen LogP contribution in [0.25, 0.3) is 11.1 Å². The van der Waals surface area contributed by atoms with Crippen molar-refractivity contribution in [2.75, 3.05) is 38.7 Å². The predicted octanol–water partition coefficient (Wildman–Crippen LogP) is 0.952. The van der Waals surface area contributed by atoms with Crippen molar-refractivity contribution in [3.63, 3.8) is 0 Å². The molecule has 154 valence electrons. The largest absolute Gasteiger partial charge is 0.419 e. The monoisotopic (exact) mass is 409 g/mol. The summed E-state index contributed by atoms with van der Waals surface area (Å²) in [7, 11) is 0.838. The van der Waals surface area contributed by atoms with Crippen molar-refractivity contribution in [1.29, 1.82) is 0 Å². The van der Waals surface area contributed by atoms with Gasteiger partial charge in [0.05, 0.1) is 17.0 Å². The van der Waals surface area contributed by atoms with E-state index in [4.69, 9.17) is 4.42 Å². The minimum Gasteiger partial charge on any atom is -0.408 e. The third-order valence-electron chi connectivity index (χ3n) is 5.10. The van der Waals surface area contributed by atoms with E-state index in [2.05, 4.69) is 0 Å². The molecule has 28 heavy (non-hydrogen) atoms. The van der Waals surface area contributed by atoms with E-state index in [-0.39, 0.29) is 36.4 Å². The smallest absolute Gasteiger partial charge is 0.408 e. The molecule has 3 rings (SSSR count). The highest BCUT2D eigenvalue weighted by atomic mass is 32.2. The van der Waals surface area contributed by atoms with Gasteiger partial charge in [-0.1, -0.05) is 12.1 Å². The zero-order valence-electron chi connectivity index (χ0n) is 16.3. The Morgan fingerprint density at radius 2 is 2.00 bits per heavy atom. The minimum atomic E-state index is -3.08. The molecule has 1 aromatic carbocycles. The van der Waals surface area contributed by atoms with Crippen LogP contribution in [0.3, 0.4) is 0 Å². The number of carbonyl (C=O) groups excluding carboxylic acids is 1. The van der Waals surface area contributed by atoms with Gasteiger partial charge in [0.1, 0.15) is 0 Å². The maximum absolute atomic E-state index is 12.9. The zero-order chi connectivity index (χ0) is 20.3. The van der Waals surface area contributed by atoms with Gasteiger partial charge in [-0.15, -0.1) is 0 Å². The van der Waals surface area contributed by atoms with Crippen LogP contribution < -0.4 is 5.76 Å². The topological polar surface area (TPSA) is 92.8 Å². The lowest BCUT2D eigenvalue weighted by atomic mass is 10.2. The number of oxazole rings is 1. The summed E-state index contributed by atoms with van der Waals surface area (Å²) in [6, 6.07) is 6.81. The fraction of sp³-hybridized carbons (Fsp3) is 0.579. The molecule has 0 bridgehead atoms. The van der Waals surface area contributed by atoms with Crippen LogP contribution in [-0.4, -0.2) is 73.4 Å². The van der Waals surface area contributed by atoms with Gasteiger partial charge in [-0.25, -0.2) is 13.2 Å². The second kappa shape index (κ2) is 8.48. The van der Waals surface area contributed by atoms with E-state index in [1.54, 1.807) is 23.1 Å². The third-order valence-corrected chi connectivity index (χ3v) is 6.85. The van der Waals surface area contributed by atoms with Crippen molar-refractivity contribution in [2.45, 2.75) is 31.8 Å². The minimum absolute atomic E-state index is 0.0231. The summed E-state index contributed by atoms with van der Waals surface area (Å²) >= 11 is 0. The lowest BCUT2D eigenvalue weighted by molar-refractivity contribution is -0.133. The average Bonchev–Trinajstić information content (AvgIpc) is 3.14. The molecule has 1 fully saturated rings. The molecule has 1 amide bonds. The molecule has 2 aromatic rings. The first-order chi connectivity index (χ1) is 13.3. The van der Waals surface area contributed by atoms with Crippen molar-refractivity contribution < 1.29 is 17.6 Å². The maximum atomic E-state index is 12.9. The number of nitrogens with zero attached hydrogens (tertiary/aromatic N) is 3. The Morgan fingerprint density at radius 3 is 2.68 bits per heavy atom. The van der Waals surface area contributed by atoms with Crippen LogP contribution in [0.2, 0.25) is 0 Å². The van der Waals surface area contributed by atoms with E-state index >= 15 is 0 Å². The van der Waals surface area contributed by atoms with Gasteiger partial charge in [0.2, 0.25) is 5.91 Å². The molecular formula is C19H27N3O5S. The molecule has 0 radical (unpaired) electrons. The fourth-order valence-corrected chi connectivity index (χ4v) is 5.40. The molecule has 1 aliphatic heterocycles. The van der Waals surface area contributed by atoms with Crippen LogP contribution in [0.15, 0.2) is 33.5 Å². The lowest BCUT2D eigenvalue weighted by Crippen LogP contribution is -2.43.